The van der Waals surface area contributed by atoms with Gasteiger partial charge in [0.15, 0.2) is 0 Å². The molecule has 0 spiro atoms. The topological polar surface area (TPSA) is 32.5 Å². The molecular formula is C8H17N3. The number of piperidine rings is 1. The Balaban J connectivity index is 1.77. The molecule has 0 radical (unpaired) electrons. The predicted molar refractivity (Wildman–Crippen MR) is 45.0 cm³/mol. The van der Waals surface area contributed by atoms with Crippen molar-refractivity contribution in [2.45, 2.75) is 25.3 Å². The molecule has 0 bridgehead atoms. The van der Waals surface area contributed by atoms with Crippen molar-refractivity contribution in [1.29, 1.82) is 0 Å². The largest absolute Gasteiger partial charge is 0.300 e. The van der Waals surface area contributed by atoms with Crippen molar-refractivity contribution in [3.8, 4) is 0 Å². The van der Waals surface area contributed by atoms with Crippen LogP contribution in [0.15, 0.2) is 0 Å². The molecule has 2 aliphatic heterocycles. The minimum Gasteiger partial charge on any atom is -0.300 e. The minimum atomic E-state index is 0.851. The summed E-state index contributed by atoms with van der Waals surface area (Å²) in [6.45, 7) is 4.83. The highest BCUT2D eigenvalue weighted by molar-refractivity contribution is 4.82. The zero-order valence-electron chi connectivity index (χ0n) is 7.00. The highest BCUT2D eigenvalue weighted by Crippen LogP contribution is 2.19. The predicted octanol–water partition coefficient (Wildman–Crippen LogP) is 0.0302. The van der Waals surface area contributed by atoms with Crippen molar-refractivity contribution in [1.82, 2.24) is 9.91 Å². The van der Waals surface area contributed by atoms with Crippen molar-refractivity contribution in [3.63, 3.8) is 0 Å². The van der Waals surface area contributed by atoms with Crippen molar-refractivity contribution < 1.29 is 0 Å². The maximum Gasteiger partial charge on any atom is 0.0143 e. The van der Waals surface area contributed by atoms with Gasteiger partial charge < -0.3 is 4.90 Å². The van der Waals surface area contributed by atoms with E-state index in [4.69, 9.17) is 5.84 Å². The summed E-state index contributed by atoms with van der Waals surface area (Å²) in [5.41, 5.74) is 0. The summed E-state index contributed by atoms with van der Waals surface area (Å²) in [7, 11) is 0. The maximum atomic E-state index is 5.67. The van der Waals surface area contributed by atoms with E-state index < -0.39 is 0 Å². The molecule has 0 saturated carbocycles. The number of likely N-dealkylation sites (tertiary alicyclic amines) is 1. The molecule has 0 aromatic carbocycles. The lowest BCUT2D eigenvalue weighted by molar-refractivity contribution is 0.0635. The standard InChI is InChI=1S/C8H17N3/c9-11-6-2-8(3-7-11)10-4-1-5-10/h8H,1-7,9H2. The summed E-state index contributed by atoms with van der Waals surface area (Å²) in [4.78, 5) is 2.59. The van der Waals surface area contributed by atoms with Gasteiger partial charge in [0.05, 0.1) is 0 Å². The van der Waals surface area contributed by atoms with Crippen LogP contribution in [-0.2, 0) is 0 Å². The fourth-order valence-electron chi connectivity index (χ4n) is 1.96. The van der Waals surface area contributed by atoms with Crippen LogP contribution < -0.4 is 5.84 Å². The summed E-state index contributed by atoms with van der Waals surface area (Å²) in [6, 6.07) is 0.851. The van der Waals surface area contributed by atoms with Crippen LogP contribution in [0.3, 0.4) is 0 Å². The first-order valence-electron chi connectivity index (χ1n) is 4.60. The summed E-state index contributed by atoms with van der Waals surface area (Å²) in [5, 5.41) is 1.94. The van der Waals surface area contributed by atoms with Crippen molar-refractivity contribution in [2.75, 3.05) is 26.2 Å². The molecule has 0 amide bonds. The van der Waals surface area contributed by atoms with Gasteiger partial charge in [-0.3, -0.25) is 5.84 Å². The number of nitrogens with two attached hydrogens (primary N) is 1. The molecule has 11 heavy (non-hydrogen) atoms. The maximum absolute atomic E-state index is 5.67. The third-order valence-electron chi connectivity index (χ3n) is 2.91. The molecule has 0 aliphatic carbocycles. The summed E-state index contributed by atoms with van der Waals surface area (Å²) >= 11 is 0. The first kappa shape index (κ1) is 7.53. The lowest BCUT2D eigenvalue weighted by Gasteiger charge is -2.42. The molecule has 0 unspecified atom stereocenters. The molecule has 2 fully saturated rings. The molecule has 0 atom stereocenters. The fraction of sp³-hybridized carbons (Fsp3) is 1.00. The number of hydrogen-bond donors (Lipinski definition) is 1. The quantitative estimate of drug-likeness (QED) is 0.542. The number of rotatable bonds is 1. The molecule has 2 saturated heterocycles. The molecule has 3 nitrogen and oxygen atoms in total. The van der Waals surface area contributed by atoms with E-state index in [1.807, 2.05) is 5.01 Å². The SMILES string of the molecule is NN1CCC(N2CCC2)CC1. The lowest BCUT2D eigenvalue weighted by atomic mass is 10.0. The van der Waals surface area contributed by atoms with E-state index >= 15 is 0 Å². The van der Waals surface area contributed by atoms with Gasteiger partial charge in [-0.15, -0.1) is 0 Å². The average molecular weight is 155 g/mol. The van der Waals surface area contributed by atoms with Gasteiger partial charge in [0.1, 0.15) is 0 Å². The molecule has 64 valence electrons. The van der Waals surface area contributed by atoms with Crippen molar-refractivity contribution in [3.05, 3.63) is 0 Å². The third kappa shape index (κ3) is 1.55. The van der Waals surface area contributed by atoms with E-state index in [1.165, 1.54) is 32.4 Å². The Kier molecular flexibility index (Phi) is 2.11. The monoisotopic (exact) mass is 155 g/mol. The van der Waals surface area contributed by atoms with E-state index in [1.54, 1.807) is 0 Å². The van der Waals surface area contributed by atoms with Gasteiger partial charge >= 0.3 is 0 Å². The van der Waals surface area contributed by atoms with Gasteiger partial charge in [-0.05, 0) is 32.4 Å². The van der Waals surface area contributed by atoms with Crippen LogP contribution in [0.25, 0.3) is 0 Å². The van der Waals surface area contributed by atoms with Crippen molar-refractivity contribution >= 4 is 0 Å². The van der Waals surface area contributed by atoms with Crippen LogP contribution in [0.4, 0.5) is 0 Å². The van der Waals surface area contributed by atoms with Crippen LogP contribution in [0, 0.1) is 0 Å². The smallest absolute Gasteiger partial charge is 0.0143 e. The second-order valence-electron chi connectivity index (χ2n) is 3.66. The van der Waals surface area contributed by atoms with E-state index in [9.17, 15) is 0 Å². The van der Waals surface area contributed by atoms with Gasteiger partial charge in [-0.25, -0.2) is 5.01 Å². The molecule has 0 aromatic rings. The Bertz CT molecular complexity index is 125. The average Bonchev–Trinajstić information content (AvgIpc) is 1.90. The second-order valence-corrected chi connectivity index (χ2v) is 3.66. The Morgan fingerprint density at radius 1 is 1.00 bits per heavy atom. The Labute approximate surface area is 68.1 Å². The Morgan fingerprint density at radius 3 is 2.09 bits per heavy atom. The zero-order chi connectivity index (χ0) is 7.68. The molecule has 0 aromatic heterocycles. The Hall–Kier alpha value is -0.120. The number of nitrogens with zero attached hydrogens (tertiary/aromatic N) is 2. The number of hydrogen-bond acceptors (Lipinski definition) is 3. The molecule has 3 heteroatoms. The molecule has 2 rings (SSSR count). The summed E-state index contributed by atoms with van der Waals surface area (Å²) in [6.07, 6.45) is 3.95. The summed E-state index contributed by atoms with van der Waals surface area (Å²) < 4.78 is 0. The van der Waals surface area contributed by atoms with Gasteiger partial charge in [-0.1, -0.05) is 0 Å². The van der Waals surface area contributed by atoms with Gasteiger partial charge in [0.2, 0.25) is 0 Å². The highest BCUT2D eigenvalue weighted by Gasteiger charge is 2.26. The van der Waals surface area contributed by atoms with Crippen LogP contribution in [0.2, 0.25) is 0 Å². The first-order chi connectivity index (χ1) is 5.36. The van der Waals surface area contributed by atoms with Crippen molar-refractivity contribution in [2.24, 2.45) is 5.84 Å². The molecule has 2 heterocycles. The second kappa shape index (κ2) is 3.09. The van der Waals surface area contributed by atoms with Crippen LogP contribution in [0.1, 0.15) is 19.3 Å². The summed E-state index contributed by atoms with van der Waals surface area (Å²) in [5.74, 6) is 5.67. The van der Waals surface area contributed by atoms with Crippen LogP contribution in [0.5, 0.6) is 0 Å². The van der Waals surface area contributed by atoms with Gasteiger partial charge in [-0.2, -0.15) is 0 Å². The minimum absolute atomic E-state index is 0.851. The normalized spacial score (nSPS) is 30.3. The van der Waals surface area contributed by atoms with E-state index in [0.29, 0.717) is 0 Å². The van der Waals surface area contributed by atoms with Crippen LogP contribution in [-0.4, -0.2) is 42.1 Å². The molecule has 2 N–H and O–H groups in total. The van der Waals surface area contributed by atoms with E-state index in [0.717, 1.165) is 19.1 Å². The molecular weight excluding hydrogens is 138 g/mol. The zero-order valence-corrected chi connectivity index (χ0v) is 7.00. The number of hydrazine groups is 1. The van der Waals surface area contributed by atoms with Gasteiger partial charge in [0, 0.05) is 19.1 Å². The lowest BCUT2D eigenvalue weighted by Crippen LogP contribution is -2.51. The van der Waals surface area contributed by atoms with Gasteiger partial charge in [0.25, 0.3) is 0 Å². The highest BCUT2D eigenvalue weighted by atomic mass is 15.4. The fourth-order valence-corrected chi connectivity index (χ4v) is 1.96. The Morgan fingerprint density at radius 2 is 1.64 bits per heavy atom. The molecule has 2 aliphatic rings. The van der Waals surface area contributed by atoms with Crippen LogP contribution >= 0.6 is 0 Å². The van der Waals surface area contributed by atoms with E-state index in [2.05, 4.69) is 4.90 Å². The first-order valence-corrected chi connectivity index (χ1v) is 4.60. The van der Waals surface area contributed by atoms with E-state index in [-0.39, 0.29) is 0 Å². The third-order valence-corrected chi connectivity index (χ3v) is 2.91.